The lowest BCUT2D eigenvalue weighted by molar-refractivity contribution is -0.116. The first kappa shape index (κ1) is 16.3. The van der Waals surface area contributed by atoms with E-state index in [4.69, 9.17) is 4.74 Å². The predicted octanol–water partition coefficient (Wildman–Crippen LogP) is 1.99. The second-order valence-corrected chi connectivity index (χ2v) is 6.07. The van der Waals surface area contributed by atoms with Crippen molar-refractivity contribution in [2.24, 2.45) is 0 Å². The molecular weight excluding hydrogens is 306 g/mol. The molecule has 1 aliphatic heterocycles. The molecule has 2 aromatic rings. The fourth-order valence-corrected chi connectivity index (χ4v) is 3.07. The van der Waals surface area contributed by atoms with Crippen molar-refractivity contribution in [3.63, 3.8) is 0 Å². The van der Waals surface area contributed by atoms with Gasteiger partial charge in [0.1, 0.15) is 18.4 Å². The summed E-state index contributed by atoms with van der Waals surface area (Å²) in [4.78, 5) is 16.3. The summed E-state index contributed by atoms with van der Waals surface area (Å²) in [6.45, 7) is 5.46. The molecule has 0 bridgehead atoms. The lowest BCUT2D eigenvalue weighted by Crippen LogP contribution is -2.23. The number of amides is 1. The topological polar surface area (TPSA) is 84.9 Å². The van der Waals surface area contributed by atoms with Gasteiger partial charge in [-0.25, -0.2) is 4.98 Å². The first-order chi connectivity index (χ1) is 11.6. The number of anilines is 1. The fraction of sp³-hybridized carbons (Fsp3) is 0.471. The van der Waals surface area contributed by atoms with Crippen LogP contribution in [0, 0.1) is 25.2 Å². The molecule has 0 radical (unpaired) electrons. The summed E-state index contributed by atoms with van der Waals surface area (Å²) in [5.41, 5.74) is 2.40. The van der Waals surface area contributed by atoms with Gasteiger partial charge in [0.15, 0.2) is 0 Å². The van der Waals surface area contributed by atoms with Gasteiger partial charge in [-0.3, -0.25) is 4.79 Å². The lowest BCUT2D eigenvalue weighted by Gasteiger charge is -2.17. The van der Waals surface area contributed by atoms with Crippen molar-refractivity contribution in [2.75, 3.05) is 11.9 Å². The summed E-state index contributed by atoms with van der Waals surface area (Å²) in [6, 6.07) is 2.22. The average Bonchev–Trinajstić information content (AvgIpc) is 3.28. The molecule has 1 saturated heterocycles. The molecule has 1 atom stereocenters. The van der Waals surface area contributed by atoms with E-state index in [-0.39, 0.29) is 18.6 Å². The molecule has 0 saturated carbocycles. The summed E-state index contributed by atoms with van der Waals surface area (Å²) < 4.78 is 9.40. The highest BCUT2D eigenvalue weighted by Crippen LogP contribution is 2.28. The Labute approximate surface area is 140 Å². The van der Waals surface area contributed by atoms with Crippen molar-refractivity contribution in [3.05, 3.63) is 35.5 Å². The number of aromatic nitrogens is 3. The van der Waals surface area contributed by atoms with E-state index in [1.807, 2.05) is 18.4 Å². The molecule has 0 aliphatic carbocycles. The number of carbonyl (C=O) groups is 1. The van der Waals surface area contributed by atoms with Crippen LogP contribution in [0.4, 0.5) is 5.82 Å². The minimum atomic E-state index is -0.185. The number of imidazole rings is 1. The van der Waals surface area contributed by atoms with Gasteiger partial charge in [0.05, 0.1) is 24.5 Å². The number of nitriles is 1. The zero-order valence-corrected chi connectivity index (χ0v) is 14.0. The molecule has 0 aromatic carbocycles. The van der Waals surface area contributed by atoms with Gasteiger partial charge in [0, 0.05) is 24.7 Å². The highest BCUT2D eigenvalue weighted by molar-refractivity contribution is 5.91. The minimum Gasteiger partial charge on any atom is -0.376 e. The Morgan fingerprint density at radius 1 is 1.54 bits per heavy atom. The van der Waals surface area contributed by atoms with Gasteiger partial charge in [-0.2, -0.15) is 5.26 Å². The summed E-state index contributed by atoms with van der Waals surface area (Å²) >= 11 is 0. The SMILES string of the molecule is Cc1c(C#N)c(NC(=O)Cn2ccnc2)n(C[C@H]2CCCO2)c1C. The molecule has 126 valence electrons. The van der Waals surface area contributed by atoms with Crippen LogP contribution in [-0.4, -0.2) is 32.7 Å². The van der Waals surface area contributed by atoms with Crippen molar-refractivity contribution in [1.82, 2.24) is 14.1 Å². The van der Waals surface area contributed by atoms with Gasteiger partial charge >= 0.3 is 0 Å². The minimum absolute atomic E-state index is 0.131. The van der Waals surface area contributed by atoms with E-state index in [1.165, 1.54) is 0 Å². The van der Waals surface area contributed by atoms with E-state index in [0.717, 1.165) is 30.7 Å². The van der Waals surface area contributed by atoms with Crippen LogP contribution in [-0.2, 0) is 22.6 Å². The summed E-state index contributed by atoms with van der Waals surface area (Å²) in [7, 11) is 0. The molecular formula is C17H21N5O2. The molecule has 0 spiro atoms. The van der Waals surface area contributed by atoms with E-state index in [9.17, 15) is 10.1 Å². The van der Waals surface area contributed by atoms with Crippen molar-refractivity contribution in [2.45, 2.75) is 45.9 Å². The number of rotatable bonds is 5. The Kier molecular flexibility index (Phi) is 4.67. The van der Waals surface area contributed by atoms with E-state index in [1.54, 1.807) is 23.3 Å². The Morgan fingerprint density at radius 2 is 2.38 bits per heavy atom. The highest BCUT2D eigenvalue weighted by Gasteiger charge is 2.23. The third kappa shape index (κ3) is 3.19. The van der Waals surface area contributed by atoms with Crippen molar-refractivity contribution in [1.29, 1.82) is 5.26 Å². The molecule has 24 heavy (non-hydrogen) atoms. The first-order valence-corrected chi connectivity index (χ1v) is 8.07. The van der Waals surface area contributed by atoms with Gasteiger partial charge in [0.2, 0.25) is 5.91 Å². The zero-order chi connectivity index (χ0) is 17.1. The third-order valence-electron chi connectivity index (χ3n) is 4.49. The Morgan fingerprint density at radius 3 is 3.00 bits per heavy atom. The molecule has 2 aromatic heterocycles. The second-order valence-electron chi connectivity index (χ2n) is 6.07. The third-order valence-corrected chi connectivity index (χ3v) is 4.49. The molecule has 1 aliphatic rings. The molecule has 3 heterocycles. The van der Waals surface area contributed by atoms with E-state index < -0.39 is 0 Å². The van der Waals surface area contributed by atoms with Gasteiger partial charge in [-0.15, -0.1) is 0 Å². The fourth-order valence-electron chi connectivity index (χ4n) is 3.07. The van der Waals surface area contributed by atoms with Crippen molar-refractivity contribution >= 4 is 11.7 Å². The van der Waals surface area contributed by atoms with E-state index in [0.29, 0.717) is 17.9 Å². The molecule has 1 N–H and O–H groups in total. The van der Waals surface area contributed by atoms with Crippen LogP contribution < -0.4 is 5.32 Å². The zero-order valence-electron chi connectivity index (χ0n) is 14.0. The summed E-state index contributed by atoms with van der Waals surface area (Å²) in [5, 5.41) is 12.4. The number of hydrogen-bond acceptors (Lipinski definition) is 4. The van der Waals surface area contributed by atoms with Gasteiger partial charge in [-0.05, 0) is 32.3 Å². The maximum absolute atomic E-state index is 12.3. The van der Waals surface area contributed by atoms with Crippen LogP contribution in [0.15, 0.2) is 18.7 Å². The van der Waals surface area contributed by atoms with Crippen LogP contribution in [0.1, 0.15) is 29.7 Å². The molecule has 1 amide bonds. The van der Waals surface area contributed by atoms with Crippen LogP contribution in [0.3, 0.4) is 0 Å². The summed E-state index contributed by atoms with van der Waals surface area (Å²) in [5.74, 6) is 0.378. The Hall–Kier alpha value is -2.59. The largest absolute Gasteiger partial charge is 0.376 e. The number of carbonyl (C=O) groups excluding carboxylic acids is 1. The normalized spacial score (nSPS) is 17.0. The molecule has 3 rings (SSSR count). The quantitative estimate of drug-likeness (QED) is 0.910. The number of nitrogens with one attached hydrogen (secondary N) is 1. The highest BCUT2D eigenvalue weighted by atomic mass is 16.5. The number of nitrogens with zero attached hydrogens (tertiary/aromatic N) is 4. The van der Waals surface area contributed by atoms with E-state index in [2.05, 4.69) is 16.4 Å². The first-order valence-electron chi connectivity index (χ1n) is 8.07. The molecule has 1 fully saturated rings. The average molecular weight is 327 g/mol. The van der Waals surface area contributed by atoms with Crippen molar-refractivity contribution < 1.29 is 9.53 Å². The maximum Gasteiger partial charge on any atom is 0.245 e. The number of hydrogen-bond donors (Lipinski definition) is 1. The Bertz CT molecular complexity index is 764. The van der Waals surface area contributed by atoms with E-state index >= 15 is 0 Å². The Balaban J connectivity index is 1.85. The van der Waals surface area contributed by atoms with Crippen LogP contribution in [0.25, 0.3) is 0 Å². The molecule has 7 heteroatoms. The standard InChI is InChI=1S/C17H21N5O2/c1-12-13(2)22(9-14-4-3-7-24-14)17(15(12)8-18)20-16(23)10-21-6-5-19-11-21/h5-6,11,14H,3-4,7,9-10H2,1-2H3,(H,20,23)/t14-/m1/s1. The maximum atomic E-state index is 12.3. The van der Waals surface area contributed by atoms with Gasteiger partial charge in [-0.1, -0.05) is 0 Å². The van der Waals surface area contributed by atoms with Crippen LogP contribution in [0.5, 0.6) is 0 Å². The number of ether oxygens (including phenoxy) is 1. The van der Waals surface area contributed by atoms with Gasteiger partial charge < -0.3 is 19.2 Å². The van der Waals surface area contributed by atoms with Crippen molar-refractivity contribution in [3.8, 4) is 6.07 Å². The van der Waals surface area contributed by atoms with Crippen LogP contribution in [0.2, 0.25) is 0 Å². The summed E-state index contributed by atoms with van der Waals surface area (Å²) in [6.07, 6.45) is 7.13. The predicted molar refractivity (Wildman–Crippen MR) is 88.5 cm³/mol. The second kappa shape index (κ2) is 6.89. The molecule has 0 unspecified atom stereocenters. The lowest BCUT2D eigenvalue weighted by atomic mass is 10.2. The van der Waals surface area contributed by atoms with Gasteiger partial charge in [0.25, 0.3) is 0 Å². The molecule has 7 nitrogen and oxygen atoms in total. The monoisotopic (exact) mass is 327 g/mol. The smallest absolute Gasteiger partial charge is 0.245 e. The van der Waals surface area contributed by atoms with Crippen LogP contribution >= 0.6 is 0 Å².